The zero-order valence-electron chi connectivity index (χ0n) is 12.7. The van der Waals surface area contributed by atoms with Gasteiger partial charge in [-0.1, -0.05) is 13.8 Å². The number of aryl methyl sites for hydroxylation is 2. The lowest BCUT2D eigenvalue weighted by Gasteiger charge is -2.20. The van der Waals surface area contributed by atoms with Gasteiger partial charge in [0.05, 0.1) is 12.1 Å². The molecule has 0 saturated carbocycles. The van der Waals surface area contributed by atoms with Crippen molar-refractivity contribution >= 4 is 11.9 Å². The lowest BCUT2D eigenvalue weighted by Crippen LogP contribution is -2.43. The second-order valence-electron chi connectivity index (χ2n) is 5.42. The molecule has 21 heavy (non-hydrogen) atoms. The van der Waals surface area contributed by atoms with E-state index in [2.05, 4.69) is 10.4 Å². The molecule has 1 rings (SSSR count). The minimum atomic E-state index is -0.976. The number of carbonyl (C=O) groups excluding carboxylic acids is 1. The molecule has 0 bridgehead atoms. The summed E-state index contributed by atoms with van der Waals surface area (Å²) in [6.07, 6.45) is -0.154. The molecule has 1 heterocycles. The highest BCUT2D eigenvalue weighted by Crippen LogP contribution is 2.06. The molecule has 1 amide bonds. The SMILES string of the molecule is Cc1cc(=O)n(CC(=O)N[C@@H](CC(=O)O)C(C)C)nc1C. The maximum absolute atomic E-state index is 12.0. The number of carboxylic acid groups (broad SMARTS) is 1. The van der Waals surface area contributed by atoms with Crippen LogP contribution in [0, 0.1) is 19.8 Å². The van der Waals surface area contributed by atoms with Crippen molar-refractivity contribution in [3.05, 3.63) is 27.7 Å². The lowest BCUT2D eigenvalue weighted by atomic mass is 10.0. The topological polar surface area (TPSA) is 101 Å². The molecular weight excluding hydrogens is 274 g/mol. The Bertz CT molecular complexity index is 592. The number of nitrogens with zero attached hydrogens (tertiary/aromatic N) is 2. The van der Waals surface area contributed by atoms with Gasteiger partial charge >= 0.3 is 5.97 Å². The van der Waals surface area contributed by atoms with Gasteiger partial charge in [-0.25, -0.2) is 4.68 Å². The normalized spacial score (nSPS) is 12.2. The molecule has 1 atom stereocenters. The molecule has 0 aliphatic carbocycles. The fourth-order valence-corrected chi connectivity index (χ4v) is 1.82. The van der Waals surface area contributed by atoms with E-state index in [4.69, 9.17) is 5.11 Å². The van der Waals surface area contributed by atoms with Crippen molar-refractivity contribution in [2.24, 2.45) is 5.92 Å². The first kappa shape index (κ1) is 16.9. The predicted molar refractivity (Wildman–Crippen MR) is 77.0 cm³/mol. The maximum atomic E-state index is 12.0. The zero-order chi connectivity index (χ0) is 16.2. The number of carboxylic acids is 1. The molecule has 116 valence electrons. The van der Waals surface area contributed by atoms with Gasteiger partial charge in [0.25, 0.3) is 5.56 Å². The number of aliphatic carboxylic acids is 1. The summed E-state index contributed by atoms with van der Waals surface area (Å²) in [5, 5.41) is 15.5. The van der Waals surface area contributed by atoms with Crippen LogP contribution in [-0.2, 0) is 16.1 Å². The Hall–Kier alpha value is -2.18. The van der Waals surface area contributed by atoms with Crippen LogP contribution in [0.2, 0.25) is 0 Å². The number of nitrogens with one attached hydrogen (secondary N) is 1. The fraction of sp³-hybridized carbons (Fsp3) is 0.571. The molecule has 0 saturated heterocycles. The van der Waals surface area contributed by atoms with E-state index >= 15 is 0 Å². The molecule has 0 aliphatic heterocycles. The van der Waals surface area contributed by atoms with Gasteiger partial charge in [0.15, 0.2) is 0 Å². The third-order valence-electron chi connectivity index (χ3n) is 3.27. The summed E-state index contributed by atoms with van der Waals surface area (Å²) in [6.45, 7) is 6.96. The summed E-state index contributed by atoms with van der Waals surface area (Å²) < 4.78 is 1.08. The van der Waals surface area contributed by atoms with E-state index in [0.717, 1.165) is 10.2 Å². The van der Waals surface area contributed by atoms with Crippen LogP contribution >= 0.6 is 0 Å². The van der Waals surface area contributed by atoms with Crippen LogP contribution in [0.25, 0.3) is 0 Å². The van der Waals surface area contributed by atoms with Gasteiger partial charge in [0.2, 0.25) is 5.91 Å². The minimum Gasteiger partial charge on any atom is -0.481 e. The average molecular weight is 295 g/mol. The summed E-state index contributed by atoms with van der Waals surface area (Å²) in [5.41, 5.74) is 1.09. The van der Waals surface area contributed by atoms with Crippen LogP contribution in [0.4, 0.5) is 0 Å². The van der Waals surface area contributed by atoms with Crippen molar-refractivity contribution in [3.8, 4) is 0 Å². The van der Waals surface area contributed by atoms with Gasteiger partial charge in [-0.15, -0.1) is 0 Å². The van der Waals surface area contributed by atoms with E-state index in [1.165, 1.54) is 6.07 Å². The van der Waals surface area contributed by atoms with Crippen molar-refractivity contribution in [2.75, 3.05) is 0 Å². The Morgan fingerprint density at radius 2 is 2.00 bits per heavy atom. The highest BCUT2D eigenvalue weighted by Gasteiger charge is 2.20. The van der Waals surface area contributed by atoms with Crippen LogP contribution in [0.1, 0.15) is 31.5 Å². The third-order valence-corrected chi connectivity index (χ3v) is 3.27. The van der Waals surface area contributed by atoms with E-state index in [1.54, 1.807) is 13.8 Å². The van der Waals surface area contributed by atoms with Crippen molar-refractivity contribution in [2.45, 2.75) is 46.7 Å². The molecule has 1 aromatic rings. The molecule has 0 fully saturated rings. The number of rotatable bonds is 6. The zero-order valence-corrected chi connectivity index (χ0v) is 12.7. The summed E-state index contributed by atoms with van der Waals surface area (Å²) in [5.74, 6) is -1.42. The third kappa shape index (κ3) is 5.02. The smallest absolute Gasteiger partial charge is 0.305 e. The minimum absolute atomic E-state index is 0.0190. The van der Waals surface area contributed by atoms with Gasteiger partial charge in [0.1, 0.15) is 6.54 Å². The average Bonchev–Trinajstić information content (AvgIpc) is 2.34. The van der Waals surface area contributed by atoms with Crippen molar-refractivity contribution in [1.29, 1.82) is 0 Å². The van der Waals surface area contributed by atoms with E-state index in [0.29, 0.717) is 5.69 Å². The van der Waals surface area contributed by atoms with E-state index in [-0.39, 0.29) is 24.4 Å². The molecule has 0 unspecified atom stereocenters. The molecule has 0 aromatic carbocycles. The van der Waals surface area contributed by atoms with E-state index in [9.17, 15) is 14.4 Å². The first-order chi connectivity index (χ1) is 9.70. The first-order valence-corrected chi connectivity index (χ1v) is 6.77. The fourth-order valence-electron chi connectivity index (χ4n) is 1.82. The second-order valence-corrected chi connectivity index (χ2v) is 5.42. The van der Waals surface area contributed by atoms with Crippen molar-refractivity contribution < 1.29 is 14.7 Å². The molecule has 1 aromatic heterocycles. The van der Waals surface area contributed by atoms with Gasteiger partial charge in [-0.05, 0) is 25.3 Å². The molecule has 0 spiro atoms. The highest BCUT2D eigenvalue weighted by atomic mass is 16.4. The lowest BCUT2D eigenvalue weighted by molar-refractivity contribution is -0.138. The standard InChI is InChI=1S/C14H21N3O4/c1-8(2)11(6-14(20)21)15-12(18)7-17-13(19)5-9(3)10(4)16-17/h5,8,11H,6-7H2,1-4H3,(H,15,18)(H,20,21)/t11-/m0/s1. The summed E-state index contributed by atoms with van der Waals surface area (Å²) >= 11 is 0. The van der Waals surface area contributed by atoms with Gasteiger partial charge in [-0.3, -0.25) is 14.4 Å². The van der Waals surface area contributed by atoms with Crippen LogP contribution in [0.15, 0.2) is 10.9 Å². The Labute approximate surface area is 123 Å². The van der Waals surface area contributed by atoms with Crippen molar-refractivity contribution in [3.63, 3.8) is 0 Å². The van der Waals surface area contributed by atoms with Crippen LogP contribution in [-0.4, -0.2) is 32.8 Å². The molecule has 0 aliphatic rings. The van der Waals surface area contributed by atoms with Crippen LogP contribution in [0.3, 0.4) is 0 Å². The first-order valence-electron chi connectivity index (χ1n) is 6.77. The summed E-state index contributed by atoms with van der Waals surface area (Å²) in [4.78, 5) is 34.5. The predicted octanol–water partition coefficient (Wildman–Crippen LogP) is 0.476. The molecule has 7 nitrogen and oxygen atoms in total. The highest BCUT2D eigenvalue weighted by molar-refractivity contribution is 5.77. The molecule has 0 radical (unpaired) electrons. The van der Waals surface area contributed by atoms with E-state index < -0.39 is 17.9 Å². The Morgan fingerprint density at radius 3 is 2.52 bits per heavy atom. The number of aromatic nitrogens is 2. The Balaban J connectivity index is 2.79. The monoisotopic (exact) mass is 295 g/mol. The number of hydrogen-bond acceptors (Lipinski definition) is 4. The quantitative estimate of drug-likeness (QED) is 0.794. The van der Waals surface area contributed by atoms with Gasteiger partial charge < -0.3 is 10.4 Å². The Kier molecular flexibility index (Phi) is 5.63. The summed E-state index contributed by atoms with van der Waals surface area (Å²) in [6, 6.07) is 0.949. The van der Waals surface area contributed by atoms with Crippen LogP contribution in [0.5, 0.6) is 0 Å². The summed E-state index contributed by atoms with van der Waals surface area (Å²) in [7, 11) is 0. The second kappa shape index (κ2) is 7.01. The van der Waals surface area contributed by atoms with Crippen LogP contribution < -0.4 is 10.9 Å². The van der Waals surface area contributed by atoms with Crippen molar-refractivity contribution in [1.82, 2.24) is 15.1 Å². The molecule has 2 N–H and O–H groups in total. The number of hydrogen-bond donors (Lipinski definition) is 2. The van der Waals surface area contributed by atoms with Gasteiger partial charge in [-0.2, -0.15) is 5.10 Å². The number of carbonyl (C=O) groups is 2. The Morgan fingerprint density at radius 1 is 1.38 bits per heavy atom. The molecule has 7 heteroatoms. The largest absolute Gasteiger partial charge is 0.481 e. The molecular formula is C14H21N3O4. The van der Waals surface area contributed by atoms with E-state index in [1.807, 2.05) is 13.8 Å². The number of amides is 1. The van der Waals surface area contributed by atoms with Gasteiger partial charge in [0, 0.05) is 12.1 Å². The maximum Gasteiger partial charge on any atom is 0.305 e.